The number of nitrogens with one attached hydrogen (secondary N) is 1. The zero-order chi connectivity index (χ0) is 15.2. The predicted octanol–water partition coefficient (Wildman–Crippen LogP) is 3.20. The Labute approximate surface area is 124 Å². The summed E-state index contributed by atoms with van der Waals surface area (Å²) in [6, 6.07) is 10.8. The Balaban J connectivity index is 2.13. The van der Waals surface area contributed by atoms with Gasteiger partial charge in [-0.15, -0.1) is 11.3 Å². The predicted molar refractivity (Wildman–Crippen MR) is 79.6 cm³/mol. The van der Waals surface area contributed by atoms with Crippen molar-refractivity contribution < 1.29 is 9.72 Å². The third kappa shape index (κ3) is 3.75. The number of amides is 1. The highest BCUT2D eigenvalue weighted by Gasteiger charge is 2.11. The van der Waals surface area contributed by atoms with Gasteiger partial charge in [-0.25, -0.2) is 0 Å². The summed E-state index contributed by atoms with van der Waals surface area (Å²) in [4.78, 5) is 22.8. The number of anilines is 1. The number of nitriles is 1. The molecule has 0 aliphatic rings. The molecule has 0 aliphatic carbocycles. The van der Waals surface area contributed by atoms with E-state index in [-0.39, 0.29) is 11.3 Å². The van der Waals surface area contributed by atoms with Crippen molar-refractivity contribution in [1.82, 2.24) is 0 Å². The smallest absolute Gasteiger partial charge is 0.269 e. The molecule has 1 aromatic carbocycles. The number of nitro groups is 1. The van der Waals surface area contributed by atoms with Gasteiger partial charge < -0.3 is 5.32 Å². The number of nitrogens with zero attached hydrogens (tertiary/aromatic N) is 2. The van der Waals surface area contributed by atoms with Crippen LogP contribution in [0.4, 0.5) is 11.4 Å². The van der Waals surface area contributed by atoms with E-state index in [2.05, 4.69) is 5.32 Å². The van der Waals surface area contributed by atoms with E-state index in [1.807, 2.05) is 17.5 Å². The largest absolute Gasteiger partial charge is 0.321 e. The van der Waals surface area contributed by atoms with Crippen molar-refractivity contribution in [1.29, 1.82) is 5.26 Å². The number of carbonyl (C=O) groups is 1. The number of carbonyl (C=O) groups excluding carboxylic acids is 1. The number of rotatable bonds is 4. The molecular weight excluding hydrogens is 290 g/mol. The first-order chi connectivity index (χ1) is 10.1. The minimum absolute atomic E-state index is 0.0317. The van der Waals surface area contributed by atoms with E-state index in [1.165, 1.54) is 41.7 Å². The lowest BCUT2D eigenvalue weighted by atomic mass is 10.2. The standard InChI is InChI=1S/C14H9N3O3S/c15-9-10(8-13-2-1-7-21-13)14(18)16-11-3-5-12(6-4-11)17(19)20/h1-8H,(H,16,18). The van der Waals surface area contributed by atoms with Crippen molar-refractivity contribution in [3.05, 3.63) is 62.3 Å². The van der Waals surface area contributed by atoms with Gasteiger partial charge in [0, 0.05) is 22.7 Å². The van der Waals surface area contributed by atoms with Gasteiger partial charge >= 0.3 is 0 Å². The first-order valence-corrected chi connectivity index (χ1v) is 6.69. The van der Waals surface area contributed by atoms with Gasteiger partial charge in [-0.3, -0.25) is 14.9 Å². The maximum atomic E-state index is 12.0. The number of hydrogen-bond donors (Lipinski definition) is 1. The SMILES string of the molecule is N#CC(=Cc1cccs1)C(=O)Nc1ccc([N+](=O)[O-])cc1. The summed E-state index contributed by atoms with van der Waals surface area (Å²) in [7, 11) is 0. The second kappa shape index (κ2) is 6.45. The van der Waals surface area contributed by atoms with Crippen molar-refractivity contribution in [2.45, 2.75) is 0 Å². The van der Waals surface area contributed by atoms with Crippen LogP contribution in [0, 0.1) is 21.4 Å². The molecule has 0 radical (unpaired) electrons. The summed E-state index contributed by atoms with van der Waals surface area (Å²) in [5.41, 5.74) is 0.288. The monoisotopic (exact) mass is 299 g/mol. The van der Waals surface area contributed by atoms with Crippen LogP contribution in [0.3, 0.4) is 0 Å². The molecule has 7 heteroatoms. The summed E-state index contributed by atoms with van der Waals surface area (Å²) in [5, 5.41) is 23.9. The topological polar surface area (TPSA) is 96.0 Å². The Morgan fingerprint density at radius 2 is 2.05 bits per heavy atom. The van der Waals surface area contributed by atoms with Gasteiger partial charge in [-0.1, -0.05) is 6.07 Å². The molecule has 21 heavy (non-hydrogen) atoms. The number of non-ortho nitro benzene ring substituents is 1. The molecule has 2 aromatic rings. The normalized spacial score (nSPS) is 10.7. The van der Waals surface area contributed by atoms with E-state index in [0.717, 1.165) is 4.88 Å². The highest BCUT2D eigenvalue weighted by molar-refractivity contribution is 7.10. The molecule has 1 heterocycles. The summed E-state index contributed by atoms with van der Waals surface area (Å²) in [6.45, 7) is 0. The quantitative estimate of drug-likeness (QED) is 0.406. The minimum atomic E-state index is -0.556. The second-order valence-electron chi connectivity index (χ2n) is 3.94. The van der Waals surface area contributed by atoms with E-state index in [4.69, 9.17) is 5.26 Å². The molecule has 104 valence electrons. The van der Waals surface area contributed by atoms with E-state index in [9.17, 15) is 14.9 Å². The fourth-order valence-electron chi connectivity index (χ4n) is 1.53. The molecule has 0 spiro atoms. The third-order valence-corrected chi connectivity index (χ3v) is 3.35. The van der Waals surface area contributed by atoms with Gasteiger partial charge in [-0.05, 0) is 29.7 Å². The Hall–Kier alpha value is -2.98. The van der Waals surface area contributed by atoms with Gasteiger partial charge in [0.05, 0.1) is 4.92 Å². The Morgan fingerprint density at radius 1 is 1.33 bits per heavy atom. The van der Waals surface area contributed by atoms with E-state index in [1.54, 1.807) is 6.07 Å². The molecule has 0 fully saturated rings. The minimum Gasteiger partial charge on any atom is -0.321 e. The molecule has 2 rings (SSSR count). The van der Waals surface area contributed by atoms with E-state index in [0.29, 0.717) is 5.69 Å². The molecule has 1 aromatic heterocycles. The lowest BCUT2D eigenvalue weighted by molar-refractivity contribution is -0.384. The van der Waals surface area contributed by atoms with Gasteiger partial charge in [0.25, 0.3) is 11.6 Å². The summed E-state index contributed by atoms with van der Waals surface area (Å²) in [6.07, 6.45) is 1.49. The second-order valence-corrected chi connectivity index (χ2v) is 4.92. The van der Waals surface area contributed by atoms with Crippen LogP contribution >= 0.6 is 11.3 Å². The van der Waals surface area contributed by atoms with Crippen molar-refractivity contribution in [3.63, 3.8) is 0 Å². The maximum absolute atomic E-state index is 12.0. The Kier molecular flexibility index (Phi) is 4.43. The van der Waals surface area contributed by atoms with Crippen LogP contribution in [0.1, 0.15) is 4.88 Å². The average molecular weight is 299 g/mol. The van der Waals surface area contributed by atoms with Crippen molar-refractivity contribution >= 4 is 34.7 Å². The van der Waals surface area contributed by atoms with Crippen LogP contribution in [0.25, 0.3) is 6.08 Å². The zero-order valence-corrected chi connectivity index (χ0v) is 11.5. The van der Waals surface area contributed by atoms with Crippen LogP contribution in [-0.4, -0.2) is 10.8 Å². The zero-order valence-electron chi connectivity index (χ0n) is 10.6. The molecule has 6 nitrogen and oxygen atoms in total. The first-order valence-electron chi connectivity index (χ1n) is 5.81. The summed E-state index contributed by atoms with van der Waals surface area (Å²) in [5.74, 6) is -0.556. The molecule has 0 saturated carbocycles. The molecule has 0 saturated heterocycles. The van der Waals surface area contributed by atoms with Gasteiger partial charge in [-0.2, -0.15) is 5.26 Å². The molecule has 0 unspecified atom stereocenters. The van der Waals surface area contributed by atoms with Crippen molar-refractivity contribution in [3.8, 4) is 6.07 Å². The number of hydrogen-bond acceptors (Lipinski definition) is 5. The number of nitro benzene ring substituents is 1. The van der Waals surface area contributed by atoms with Crippen LogP contribution in [0.2, 0.25) is 0 Å². The first kappa shape index (κ1) is 14.4. The lowest BCUT2D eigenvalue weighted by Gasteiger charge is -2.03. The average Bonchev–Trinajstić information content (AvgIpc) is 2.98. The Morgan fingerprint density at radius 3 is 2.57 bits per heavy atom. The van der Waals surface area contributed by atoms with Gasteiger partial charge in [0.15, 0.2) is 0 Å². The van der Waals surface area contributed by atoms with Crippen LogP contribution in [0.5, 0.6) is 0 Å². The third-order valence-electron chi connectivity index (χ3n) is 2.53. The summed E-state index contributed by atoms with van der Waals surface area (Å²) < 4.78 is 0. The van der Waals surface area contributed by atoms with E-state index < -0.39 is 10.8 Å². The van der Waals surface area contributed by atoms with Crippen molar-refractivity contribution in [2.24, 2.45) is 0 Å². The van der Waals surface area contributed by atoms with Gasteiger partial charge in [0.1, 0.15) is 11.6 Å². The summed E-state index contributed by atoms with van der Waals surface area (Å²) >= 11 is 1.41. The highest BCUT2D eigenvalue weighted by Crippen LogP contribution is 2.17. The molecule has 0 atom stereocenters. The fourth-order valence-corrected chi connectivity index (χ4v) is 2.19. The number of benzene rings is 1. The highest BCUT2D eigenvalue weighted by atomic mass is 32.1. The molecule has 1 amide bonds. The number of thiophene rings is 1. The molecule has 1 N–H and O–H groups in total. The van der Waals surface area contributed by atoms with Crippen molar-refractivity contribution in [2.75, 3.05) is 5.32 Å². The molecular formula is C14H9N3O3S. The fraction of sp³-hybridized carbons (Fsp3) is 0. The lowest BCUT2D eigenvalue weighted by Crippen LogP contribution is -2.13. The van der Waals surface area contributed by atoms with Crippen LogP contribution < -0.4 is 5.32 Å². The van der Waals surface area contributed by atoms with E-state index >= 15 is 0 Å². The molecule has 0 bridgehead atoms. The van der Waals surface area contributed by atoms with Crippen LogP contribution in [0.15, 0.2) is 47.4 Å². The van der Waals surface area contributed by atoms with Gasteiger partial charge in [0.2, 0.25) is 0 Å². The Bertz CT molecular complexity index is 728. The maximum Gasteiger partial charge on any atom is 0.269 e. The molecule has 0 aliphatic heterocycles. The van der Waals surface area contributed by atoms with Crippen LogP contribution in [-0.2, 0) is 4.79 Å².